The number of nitrogens with one attached hydrogen (secondary N) is 2. The fourth-order valence-corrected chi connectivity index (χ4v) is 5.27. The minimum absolute atomic E-state index is 0.0168. The molecule has 170 valence electrons. The van der Waals surface area contributed by atoms with Crippen LogP contribution in [0.4, 0.5) is 0 Å². The molecule has 6 aromatic carbocycles. The molecule has 0 aliphatic carbocycles. The van der Waals surface area contributed by atoms with E-state index in [2.05, 4.69) is 9.97 Å². The molecule has 0 bridgehead atoms. The summed E-state index contributed by atoms with van der Waals surface area (Å²) < 4.78 is 0. The minimum atomic E-state index is -0.487. The Morgan fingerprint density at radius 1 is 0.472 bits per heavy atom. The van der Waals surface area contributed by atoms with E-state index in [9.17, 15) is 29.4 Å². The number of hydrogen-bond acceptors (Lipinski definition) is 6. The van der Waals surface area contributed by atoms with Crippen LogP contribution >= 0.6 is 0 Å². The van der Waals surface area contributed by atoms with Crippen molar-refractivity contribution in [2.75, 3.05) is 0 Å². The zero-order chi connectivity index (χ0) is 24.9. The highest BCUT2D eigenvalue weighted by Crippen LogP contribution is 2.30. The Hall–Kier alpha value is -5.24. The summed E-state index contributed by atoms with van der Waals surface area (Å²) in [4.78, 5) is 59.3. The zero-order valence-electron chi connectivity index (χ0n) is 18.3. The van der Waals surface area contributed by atoms with Crippen LogP contribution in [0.1, 0.15) is 0 Å². The van der Waals surface area contributed by atoms with Gasteiger partial charge in [0, 0.05) is 21.5 Å². The maximum Gasteiger partial charge on any atom is 0.288 e. The molecule has 0 aliphatic heterocycles. The molecule has 7 rings (SSSR count). The van der Waals surface area contributed by atoms with Crippen molar-refractivity contribution < 1.29 is 20.2 Å². The Labute approximate surface area is 198 Å². The van der Waals surface area contributed by atoms with Crippen molar-refractivity contribution in [1.29, 1.82) is 0 Å². The Bertz CT molecular complexity index is 2200. The second-order valence-electron chi connectivity index (χ2n) is 8.79. The SMILES string of the molecule is O=c1c2ccccc2c(=O)c2c1c(O)cc1[nH+]c3c(cc(O)c4c(=O)c5ccccc5c(=O)c43)[nH+]c12. The van der Waals surface area contributed by atoms with Gasteiger partial charge in [-0.1, -0.05) is 48.5 Å². The van der Waals surface area contributed by atoms with E-state index in [1.165, 1.54) is 24.3 Å². The fourth-order valence-electron chi connectivity index (χ4n) is 5.27. The number of aromatic hydroxyl groups is 2. The minimum Gasteiger partial charge on any atom is -0.507 e. The third-order valence-corrected chi connectivity index (χ3v) is 6.87. The van der Waals surface area contributed by atoms with Gasteiger partial charge in [0.1, 0.15) is 22.3 Å². The maximum atomic E-state index is 13.4. The van der Waals surface area contributed by atoms with E-state index in [1.807, 2.05) is 0 Å². The van der Waals surface area contributed by atoms with Gasteiger partial charge in [-0.3, -0.25) is 19.2 Å². The lowest BCUT2D eigenvalue weighted by Gasteiger charge is -2.04. The molecule has 0 saturated heterocycles. The monoisotopic (exact) mass is 474 g/mol. The van der Waals surface area contributed by atoms with Crippen LogP contribution in [-0.2, 0) is 0 Å². The molecule has 8 nitrogen and oxygen atoms in total. The van der Waals surface area contributed by atoms with Crippen LogP contribution in [0.3, 0.4) is 0 Å². The van der Waals surface area contributed by atoms with Crippen LogP contribution < -0.4 is 31.7 Å². The number of benzene rings is 6. The molecule has 8 heteroatoms. The van der Waals surface area contributed by atoms with Gasteiger partial charge in [-0.25, -0.2) is 0 Å². The molecular weight excluding hydrogens is 460 g/mol. The van der Waals surface area contributed by atoms with Crippen molar-refractivity contribution in [3.05, 3.63) is 102 Å². The third kappa shape index (κ3) is 2.37. The van der Waals surface area contributed by atoms with Gasteiger partial charge in [-0.05, 0) is 0 Å². The molecule has 36 heavy (non-hydrogen) atoms. The van der Waals surface area contributed by atoms with Gasteiger partial charge >= 0.3 is 0 Å². The van der Waals surface area contributed by atoms with Crippen molar-refractivity contribution in [1.82, 2.24) is 0 Å². The third-order valence-electron chi connectivity index (χ3n) is 6.87. The predicted octanol–water partition coefficient (Wildman–Crippen LogP) is 1.96. The molecule has 0 saturated carbocycles. The van der Waals surface area contributed by atoms with Crippen LogP contribution in [0, 0.1) is 0 Å². The highest BCUT2D eigenvalue weighted by Gasteiger charge is 2.28. The first-order chi connectivity index (χ1) is 17.4. The van der Waals surface area contributed by atoms with Gasteiger partial charge in [0.05, 0.1) is 22.9 Å². The van der Waals surface area contributed by atoms with E-state index >= 15 is 0 Å². The van der Waals surface area contributed by atoms with Crippen LogP contribution in [0.2, 0.25) is 0 Å². The van der Waals surface area contributed by atoms with E-state index in [-0.39, 0.29) is 65.2 Å². The summed E-state index contributed by atoms with van der Waals surface area (Å²) in [6, 6.07) is 15.3. The van der Waals surface area contributed by atoms with Crippen molar-refractivity contribution in [2.45, 2.75) is 0 Å². The van der Waals surface area contributed by atoms with Crippen LogP contribution in [0.25, 0.3) is 65.2 Å². The summed E-state index contributed by atoms with van der Waals surface area (Å²) in [7, 11) is 0. The number of H-pyrrole nitrogens is 2. The molecule has 7 aromatic rings. The number of phenols is 2. The number of fused-ring (bicyclic) bond motifs is 8. The highest BCUT2D eigenvalue weighted by molar-refractivity contribution is 6.13. The predicted molar refractivity (Wildman–Crippen MR) is 135 cm³/mol. The zero-order valence-corrected chi connectivity index (χ0v) is 18.3. The van der Waals surface area contributed by atoms with E-state index in [0.717, 1.165) is 0 Å². The molecule has 0 radical (unpaired) electrons. The van der Waals surface area contributed by atoms with Crippen molar-refractivity contribution in [3.63, 3.8) is 0 Å². The fraction of sp³-hybridized carbons (Fsp3) is 0. The first-order valence-electron chi connectivity index (χ1n) is 11.1. The number of aromatic amines is 2. The lowest BCUT2D eigenvalue weighted by atomic mass is 9.98. The molecule has 0 amide bonds. The second-order valence-corrected chi connectivity index (χ2v) is 8.79. The van der Waals surface area contributed by atoms with Crippen molar-refractivity contribution in [2.24, 2.45) is 0 Å². The Morgan fingerprint density at radius 3 is 1.11 bits per heavy atom. The summed E-state index contributed by atoms with van der Waals surface area (Å²) in [6.45, 7) is 0. The topological polar surface area (TPSA) is 137 Å². The van der Waals surface area contributed by atoms with Gasteiger partial charge in [0.2, 0.25) is 10.9 Å². The largest absolute Gasteiger partial charge is 0.507 e. The summed E-state index contributed by atoms with van der Waals surface area (Å²) in [5.74, 6) is -0.788. The highest BCUT2D eigenvalue weighted by atomic mass is 16.3. The molecule has 1 heterocycles. The Morgan fingerprint density at radius 2 is 0.778 bits per heavy atom. The summed E-state index contributed by atoms with van der Waals surface area (Å²) in [5, 5.41) is 22.1. The van der Waals surface area contributed by atoms with E-state index in [4.69, 9.17) is 0 Å². The average molecular weight is 474 g/mol. The molecule has 0 atom stereocenters. The van der Waals surface area contributed by atoms with Crippen LogP contribution in [0.15, 0.2) is 79.8 Å². The maximum absolute atomic E-state index is 13.4. The lowest BCUT2D eigenvalue weighted by molar-refractivity contribution is -0.359. The van der Waals surface area contributed by atoms with Gasteiger partial charge in [-0.2, -0.15) is 9.97 Å². The van der Waals surface area contributed by atoms with E-state index in [0.29, 0.717) is 0 Å². The quantitative estimate of drug-likeness (QED) is 0.255. The second kappa shape index (κ2) is 6.67. The summed E-state index contributed by atoms with van der Waals surface area (Å²) in [5.41, 5.74) is -0.954. The van der Waals surface area contributed by atoms with Crippen LogP contribution in [0.5, 0.6) is 11.5 Å². The first kappa shape index (κ1) is 20.2. The first-order valence-corrected chi connectivity index (χ1v) is 11.1. The van der Waals surface area contributed by atoms with Crippen molar-refractivity contribution >= 4 is 65.2 Å². The van der Waals surface area contributed by atoms with Crippen molar-refractivity contribution in [3.8, 4) is 11.5 Å². The summed E-state index contributed by atoms with van der Waals surface area (Å²) in [6.07, 6.45) is 0. The van der Waals surface area contributed by atoms with E-state index < -0.39 is 33.2 Å². The number of rotatable bonds is 0. The lowest BCUT2D eigenvalue weighted by Crippen LogP contribution is -2.24. The number of phenolic OH excluding ortho intramolecular Hbond substituents is 2. The Kier molecular flexibility index (Phi) is 3.73. The standard InChI is InChI=1S/C28H12N2O6/c31-17-9-15-23(21-19(17)25(33)11-5-1-3-7-13(11)27(21)35)29-16-10-18(32)20-22(24(16)30-15)28(36)14-8-4-2-6-12(14)26(20)34/h1-10,31-32H/p+2. The smallest absolute Gasteiger partial charge is 0.288 e. The molecule has 0 aliphatic rings. The molecule has 1 aromatic heterocycles. The van der Waals surface area contributed by atoms with Gasteiger partial charge < -0.3 is 10.2 Å². The average Bonchev–Trinajstić information content (AvgIpc) is 2.88. The normalized spacial score (nSPS) is 12.0. The molecular formula is C28H14N2O6+2. The number of hydrogen-bond donors (Lipinski definition) is 2. The molecule has 0 unspecified atom stereocenters. The van der Waals surface area contributed by atoms with E-state index in [1.54, 1.807) is 36.4 Å². The Balaban J connectivity index is 1.77. The summed E-state index contributed by atoms with van der Waals surface area (Å²) >= 11 is 0. The number of aromatic nitrogens is 2. The molecule has 4 N–H and O–H groups in total. The van der Waals surface area contributed by atoms with Gasteiger partial charge in [-0.15, -0.1) is 0 Å². The molecule has 0 fully saturated rings. The van der Waals surface area contributed by atoms with Crippen LogP contribution in [-0.4, -0.2) is 10.2 Å². The molecule has 0 spiro atoms. The van der Waals surface area contributed by atoms with Gasteiger partial charge in [0.15, 0.2) is 10.9 Å². The van der Waals surface area contributed by atoms with Gasteiger partial charge in [0.25, 0.3) is 22.1 Å².